The molecule has 1 saturated carbocycles. The molecule has 98 valence electrons. The van der Waals surface area contributed by atoms with E-state index in [-0.39, 0.29) is 6.04 Å². The van der Waals surface area contributed by atoms with Crippen LogP contribution in [-0.2, 0) is 17.9 Å². The van der Waals surface area contributed by atoms with Gasteiger partial charge in [-0.3, -0.25) is 9.69 Å². The predicted molar refractivity (Wildman–Crippen MR) is 62.6 cm³/mol. The third-order valence-corrected chi connectivity index (χ3v) is 4.13. The van der Waals surface area contributed by atoms with Gasteiger partial charge in [0.2, 0.25) is 0 Å². The first-order valence-corrected chi connectivity index (χ1v) is 6.21. The molecule has 0 saturated heterocycles. The first kappa shape index (κ1) is 11.6. The van der Waals surface area contributed by atoms with Crippen LogP contribution in [0.15, 0.2) is 6.33 Å². The van der Waals surface area contributed by atoms with E-state index in [1.165, 1.54) is 0 Å². The number of hydrogen-bond acceptors (Lipinski definition) is 5. The van der Waals surface area contributed by atoms with E-state index >= 15 is 0 Å². The number of aliphatic carboxylic acids is 1. The van der Waals surface area contributed by atoms with Crippen molar-refractivity contribution >= 4 is 5.97 Å². The Morgan fingerprint density at radius 2 is 2.39 bits per heavy atom. The van der Waals surface area contributed by atoms with Crippen molar-refractivity contribution in [3.8, 4) is 0 Å². The Hall–Kier alpha value is -1.47. The molecule has 0 radical (unpaired) electrons. The van der Waals surface area contributed by atoms with E-state index in [1.54, 1.807) is 6.33 Å². The van der Waals surface area contributed by atoms with Crippen LogP contribution >= 0.6 is 0 Å². The van der Waals surface area contributed by atoms with E-state index in [0.717, 1.165) is 31.9 Å². The summed E-state index contributed by atoms with van der Waals surface area (Å²) >= 11 is 0. The van der Waals surface area contributed by atoms with Gasteiger partial charge in [-0.05, 0) is 19.3 Å². The average Bonchev–Trinajstić information content (AvgIpc) is 2.95. The number of carboxylic acids is 1. The molecular formula is C11H17N5O2. The summed E-state index contributed by atoms with van der Waals surface area (Å²) in [6.07, 6.45) is 3.66. The fourth-order valence-electron chi connectivity index (χ4n) is 2.95. The molecular weight excluding hydrogens is 234 g/mol. The molecule has 0 aromatic carbocycles. The van der Waals surface area contributed by atoms with E-state index < -0.39 is 11.5 Å². The van der Waals surface area contributed by atoms with Crippen LogP contribution in [0.1, 0.15) is 25.1 Å². The maximum absolute atomic E-state index is 11.1. The molecule has 1 aliphatic carbocycles. The molecule has 1 aliphatic heterocycles. The van der Waals surface area contributed by atoms with Crippen molar-refractivity contribution in [3.05, 3.63) is 12.2 Å². The fourth-order valence-corrected chi connectivity index (χ4v) is 2.95. The zero-order valence-electron chi connectivity index (χ0n) is 10.1. The molecule has 1 aromatic heterocycles. The van der Waals surface area contributed by atoms with Crippen LogP contribution in [0.3, 0.4) is 0 Å². The van der Waals surface area contributed by atoms with Gasteiger partial charge in [-0.2, -0.15) is 0 Å². The highest BCUT2D eigenvalue weighted by molar-refractivity contribution is 5.79. The summed E-state index contributed by atoms with van der Waals surface area (Å²) in [4.78, 5) is 13.4. The Bertz CT molecular complexity index is 474. The molecule has 1 fully saturated rings. The van der Waals surface area contributed by atoms with Crippen molar-refractivity contribution in [1.82, 2.24) is 19.7 Å². The van der Waals surface area contributed by atoms with Crippen molar-refractivity contribution in [2.45, 2.75) is 43.9 Å². The van der Waals surface area contributed by atoms with Crippen LogP contribution in [0.5, 0.6) is 0 Å². The highest BCUT2D eigenvalue weighted by Crippen LogP contribution is 2.32. The third-order valence-electron chi connectivity index (χ3n) is 4.13. The van der Waals surface area contributed by atoms with Gasteiger partial charge >= 0.3 is 5.97 Å². The molecule has 3 N–H and O–H groups in total. The van der Waals surface area contributed by atoms with Gasteiger partial charge in [0.25, 0.3) is 0 Å². The summed E-state index contributed by atoms with van der Waals surface area (Å²) in [5.41, 5.74) is 4.87. The van der Waals surface area contributed by atoms with Crippen molar-refractivity contribution in [3.63, 3.8) is 0 Å². The number of nitrogens with two attached hydrogens (primary N) is 1. The van der Waals surface area contributed by atoms with Crippen LogP contribution in [0.2, 0.25) is 0 Å². The molecule has 0 spiro atoms. The van der Waals surface area contributed by atoms with Gasteiger partial charge in [-0.25, -0.2) is 0 Å². The van der Waals surface area contributed by atoms with Gasteiger partial charge in [0.1, 0.15) is 17.7 Å². The molecule has 1 aromatic rings. The highest BCUT2D eigenvalue weighted by Gasteiger charge is 2.44. The maximum Gasteiger partial charge on any atom is 0.323 e. The second-order valence-corrected chi connectivity index (χ2v) is 5.27. The standard InChI is InChI=1S/C11H17N5O2/c12-11(10(17)18)2-1-8(5-11)15-3-4-16-7-13-14-9(16)6-15/h7-8H,1-6,12H2,(H,17,18). The Balaban J connectivity index is 1.70. The third kappa shape index (κ3) is 1.79. The number of aromatic nitrogens is 3. The largest absolute Gasteiger partial charge is 0.480 e. The van der Waals surface area contributed by atoms with Crippen molar-refractivity contribution in [1.29, 1.82) is 0 Å². The minimum atomic E-state index is -1.05. The predicted octanol–water partition coefficient (Wildman–Crippen LogP) is -0.572. The van der Waals surface area contributed by atoms with Crippen LogP contribution < -0.4 is 5.73 Å². The minimum Gasteiger partial charge on any atom is -0.480 e. The molecule has 18 heavy (non-hydrogen) atoms. The van der Waals surface area contributed by atoms with Gasteiger partial charge in [-0.1, -0.05) is 0 Å². The van der Waals surface area contributed by atoms with Gasteiger partial charge in [-0.15, -0.1) is 10.2 Å². The lowest BCUT2D eigenvalue weighted by molar-refractivity contribution is -0.143. The van der Waals surface area contributed by atoms with Crippen molar-refractivity contribution < 1.29 is 9.90 Å². The Labute approximate surface area is 105 Å². The number of fused-ring (bicyclic) bond motifs is 1. The molecule has 2 atom stereocenters. The molecule has 2 heterocycles. The summed E-state index contributed by atoms with van der Waals surface area (Å²) in [7, 11) is 0. The Morgan fingerprint density at radius 1 is 1.56 bits per heavy atom. The van der Waals surface area contributed by atoms with Crippen LogP contribution in [-0.4, -0.2) is 48.9 Å². The molecule has 2 unspecified atom stereocenters. The van der Waals surface area contributed by atoms with Gasteiger partial charge in [0.15, 0.2) is 0 Å². The quantitative estimate of drug-likeness (QED) is 0.730. The van der Waals surface area contributed by atoms with Crippen LogP contribution in [0, 0.1) is 0 Å². The van der Waals surface area contributed by atoms with Gasteiger partial charge < -0.3 is 15.4 Å². The van der Waals surface area contributed by atoms with Crippen molar-refractivity contribution in [2.24, 2.45) is 5.73 Å². The summed E-state index contributed by atoms with van der Waals surface area (Å²) in [6.45, 7) is 2.51. The second kappa shape index (κ2) is 4.03. The smallest absolute Gasteiger partial charge is 0.323 e. The SMILES string of the molecule is NC1(C(=O)O)CCC(N2CCn3cnnc3C2)C1. The number of hydrogen-bond donors (Lipinski definition) is 2. The van der Waals surface area contributed by atoms with Gasteiger partial charge in [0, 0.05) is 19.1 Å². The average molecular weight is 251 g/mol. The lowest BCUT2D eigenvalue weighted by Crippen LogP contribution is -2.48. The lowest BCUT2D eigenvalue weighted by atomic mass is 9.99. The normalized spacial score (nSPS) is 32.4. The topological polar surface area (TPSA) is 97.3 Å². The number of carbonyl (C=O) groups is 1. The maximum atomic E-state index is 11.1. The fraction of sp³-hybridized carbons (Fsp3) is 0.727. The zero-order valence-corrected chi connectivity index (χ0v) is 10.1. The Kier molecular flexibility index (Phi) is 2.60. The molecule has 7 heteroatoms. The second-order valence-electron chi connectivity index (χ2n) is 5.27. The van der Waals surface area contributed by atoms with E-state index in [9.17, 15) is 4.79 Å². The summed E-state index contributed by atoms with van der Waals surface area (Å²) in [5, 5.41) is 17.1. The summed E-state index contributed by atoms with van der Waals surface area (Å²) in [5.74, 6) is 0.0660. The minimum absolute atomic E-state index is 0.247. The number of carboxylic acid groups (broad SMARTS) is 1. The van der Waals surface area contributed by atoms with E-state index in [4.69, 9.17) is 10.8 Å². The summed E-state index contributed by atoms with van der Waals surface area (Å²) in [6, 6.07) is 0.247. The van der Waals surface area contributed by atoms with E-state index in [1.807, 2.05) is 4.57 Å². The molecule has 3 rings (SSSR count). The molecule has 2 aliphatic rings. The molecule has 0 bridgehead atoms. The Morgan fingerprint density at radius 3 is 3.11 bits per heavy atom. The van der Waals surface area contributed by atoms with Crippen molar-refractivity contribution in [2.75, 3.05) is 6.54 Å². The zero-order chi connectivity index (χ0) is 12.8. The van der Waals surface area contributed by atoms with Crippen LogP contribution in [0.4, 0.5) is 0 Å². The lowest BCUT2D eigenvalue weighted by Gasteiger charge is -2.32. The molecule has 0 amide bonds. The van der Waals surface area contributed by atoms with E-state index in [2.05, 4.69) is 15.1 Å². The van der Waals surface area contributed by atoms with Crippen LogP contribution in [0.25, 0.3) is 0 Å². The monoisotopic (exact) mass is 251 g/mol. The first-order valence-electron chi connectivity index (χ1n) is 6.21. The molecule has 7 nitrogen and oxygen atoms in total. The number of nitrogens with zero attached hydrogens (tertiary/aromatic N) is 4. The van der Waals surface area contributed by atoms with Gasteiger partial charge in [0.05, 0.1) is 6.54 Å². The summed E-state index contributed by atoms with van der Waals surface area (Å²) < 4.78 is 2.04. The first-order chi connectivity index (χ1) is 8.58. The van der Waals surface area contributed by atoms with E-state index in [0.29, 0.717) is 12.8 Å². The highest BCUT2D eigenvalue weighted by atomic mass is 16.4. The number of rotatable bonds is 2.